The van der Waals surface area contributed by atoms with E-state index in [-0.39, 0.29) is 0 Å². The van der Waals surface area contributed by atoms with Gasteiger partial charge in [-0.1, -0.05) is 158 Å². The molecular formula is C55H35N5. The summed E-state index contributed by atoms with van der Waals surface area (Å²) in [5, 5.41) is 7.18. The third-order valence-corrected chi connectivity index (χ3v) is 11.7. The number of rotatable bonds is 6. The van der Waals surface area contributed by atoms with Crippen LogP contribution in [0.2, 0.25) is 0 Å². The van der Waals surface area contributed by atoms with E-state index in [0.29, 0.717) is 17.5 Å². The lowest BCUT2D eigenvalue weighted by atomic mass is 10.0. The van der Waals surface area contributed by atoms with Crippen LogP contribution in [0.1, 0.15) is 0 Å². The van der Waals surface area contributed by atoms with Crippen molar-refractivity contribution in [3.8, 4) is 56.7 Å². The van der Waals surface area contributed by atoms with Crippen molar-refractivity contribution in [2.75, 3.05) is 0 Å². The van der Waals surface area contributed by atoms with Crippen molar-refractivity contribution in [3.05, 3.63) is 212 Å². The van der Waals surface area contributed by atoms with E-state index in [1.807, 2.05) is 24.3 Å². The molecule has 0 aliphatic rings. The Hall–Kier alpha value is -8.15. The molecular weight excluding hydrogens is 731 g/mol. The highest BCUT2D eigenvalue weighted by Gasteiger charge is 2.20. The number of hydrogen-bond donors (Lipinski definition) is 0. The second kappa shape index (κ2) is 13.8. The van der Waals surface area contributed by atoms with Crippen molar-refractivity contribution in [2.24, 2.45) is 0 Å². The number of fused-ring (bicyclic) bond motifs is 7. The largest absolute Gasteiger partial charge is 0.309 e. The zero-order chi connectivity index (χ0) is 39.6. The Bertz CT molecular complexity index is 3590. The molecule has 12 aromatic rings. The summed E-state index contributed by atoms with van der Waals surface area (Å²) in [5.41, 5.74) is 12.0. The van der Waals surface area contributed by atoms with Gasteiger partial charge < -0.3 is 9.13 Å². The van der Waals surface area contributed by atoms with E-state index in [2.05, 4.69) is 197 Å². The average molecular weight is 766 g/mol. The van der Waals surface area contributed by atoms with Crippen molar-refractivity contribution >= 4 is 54.4 Å². The summed E-state index contributed by atoms with van der Waals surface area (Å²) in [4.78, 5) is 15.3. The summed E-state index contributed by atoms with van der Waals surface area (Å²) in [5.74, 6) is 1.90. The first-order valence-corrected chi connectivity index (χ1v) is 20.3. The molecule has 280 valence electrons. The first-order valence-electron chi connectivity index (χ1n) is 20.3. The number of benzene rings is 9. The molecule has 9 aromatic carbocycles. The second-order valence-electron chi connectivity index (χ2n) is 15.3. The Balaban J connectivity index is 1.05. The Kier molecular flexibility index (Phi) is 7.78. The predicted octanol–water partition coefficient (Wildman–Crippen LogP) is 13.9. The quantitative estimate of drug-likeness (QED) is 0.169. The van der Waals surface area contributed by atoms with Crippen molar-refractivity contribution in [1.29, 1.82) is 0 Å². The molecule has 0 amide bonds. The summed E-state index contributed by atoms with van der Waals surface area (Å²) in [6.45, 7) is 0. The average Bonchev–Trinajstić information content (AvgIpc) is 3.83. The fourth-order valence-corrected chi connectivity index (χ4v) is 8.97. The highest BCUT2D eigenvalue weighted by molar-refractivity contribution is 6.19. The molecule has 0 spiro atoms. The van der Waals surface area contributed by atoms with Crippen LogP contribution in [0.15, 0.2) is 212 Å². The van der Waals surface area contributed by atoms with Gasteiger partial charge in [0.2, 0.25) is 0 Å². The van der Waals surface area contributed by atoms with Crippen LogP contribution >= 0.6 is 0 Å². The molecule has 0 unspecified atom stereocenters. The van der Waals surface area contributed by atoms with E-state index in [1.165, 1.54) is 38.1 Å². The van der Waals surface area contributed by atoms with Crippen LogP contribution in [0.3, 0.4) is 0 Å². The van der Waals surface area contributed by atoms with E-state index in [1.54, 1.807) is 0 Å². The topological polar surface area (TPSA) is 48.5 Å². The fraction of sp³-hybridized carbons (Fsp3) is 0. The van der Waals surface area contributed by atoms with E-state index in [9.17, 15) is 0 Å². The standard InChI is InChI=1S/C55H35N5/c1-4-16-36(17-5-1)38-20-14-22-40(32-38)54-56-53(37-18-6-2-7-19-37)57-55(58-54)41-30-31-43-39(33-41)21-15-29-48(43)60-50-28-13-11-26-45(50)47-34-46-44-25-10-12-27-49(44)59(51(46)35-52(47)60)42-23-8-3-9-24-42/h1-35H. The molecule has 0 atom stereocenters. The molecule has 5 nitrogen and oxygen atoms in total. The molecule has 0 aliphatic carbocycles. The molecule has 0 saturated carbocycles. The van der Waals surface area contributed by atoms with Gasteiger partial charge in [0.05, 0.1) is 27.8 Å². The molecule has 3 heterocycles. The van der Waals surface area contributed by atoms with Gasteiger partial charge in [-0.25, -0.2) is 15.0 Å². The molecule has 0 saturated heterocycles. The van der Waals surface area contributed by atoms with Crippen LogP contribution in [0.4, 0.5) is 0 Å². The van der Waals surface area contributed by atoms with Gasteiger partial charge >= 0.3 is 0 Å². The zero-order valence-corrected chi connectivity index (χ0v) is 32.4. The molecule has 12 rings (SSSR count). The van der Waals surface area contributed by atoms with Crippen molar-refractivity contribution in [2.45, 2.75) is 0 Å². The third-order valence-electron chi connectivity index (χ3n) is 11.7. The Labute approximate surface area is 346 Å². The van der Waals surface area contributed by atoms with Crippen LogP contribution in [-0.4, -0.2) is 24.1 Å². The molecule has 5 heteroatoms. The van der Waals surface area contributed by atoms with Gasteiger partial charge in [-0.2, -0.15) is 0 Å². The van der Waals surface area contributed by atoms with Crippen LogP contribution in [0, 0.1) is 0 Å². The maximum absolute atomic E-state index is 5.15. The maximum atomic E-state index is 5.15. The van der Waals surface area contributed by atoms with E-state index >= 15 is 0 Å². The molecule has 0 bridgehead atoms. The lowest BCUT2D eigenvalue weighted by Crippen LogP contribution is -2.00. The van der Waals surface area contributed by atoms with Crippen LogP contribution in [0.25, 0.3) is 111 Å². The molecule has 60 heavy (non-hydrogen) atoms. The molecule has 0 fully saturated rings. The highest BCUT2D eigenvalue weighted by atomic mass is 15.0. The van der Waals surface area contributed by atoms with E-state index in [0.717, 1.165) is 55.5 Å². The maximum Gasteiger partial charge on any atom is 0.164 e. The smallest absolute Gasteiger partial charge is 0.164 e. The summed E-state index contributed by atoms with van der Waals surface area (Å²) < 4.78 is 4.83. The minimum Gasteiger partial charge on any atom is -0.309 e. The molecule has 0 radical (unpaired) electrons. The number of para-hydroxylation sites is 3. The first kappa shape index (κ1) is 33.9. The van der Waals surface area contributed by atoms with Gasteiger partial charge in [0.1, 0.15) is 0 Å². The molecule has 0 N–H and O–H groups in total. The normalized spacial score (nSPS) is 11.7. The molecule has 3 aromatic heterocycles. The van der Waals surface area contributed by atoms with Crippen LogP contribution in [-0.2, 0) is 0 Å². The summed E-state index contributed by atoms with van der Waals surface area (Å²) in [7, 11) is 0. The van der Waals surface area contributed by atoms with Gasteiger partial charge in [0.25, 0.3) is 0 Å². The monoisotopic (exact) mass is 765 g/mol. The Morgan fingerprint density at radius 1 is 0.267 bits per heavy atom. The fourth-order valence-electron chi connectivity index (χ4n) is 8.97. The highest BCUT2D eigenvalue weighted by Crippen LogP contribution is 2.41. The summed E-state index contributed by atoms with van der Waals surface area (Å²) in [6.07, 6.45) is 0. The third kappa shape index (κ3) is 5.52. The first-order chi connectivity index (χ1) is 29.7. The Morgan fingerprint density at radius 3 is 1.48 bits per heavy atom. The SMILES string of the molecule is c1ccc(-c2cccc(-c3nc(-c4ccccc4)nc(-c4ccc5c(-n6c7ccccc7c7cc8c9ccccc9n(-c9ccccc9)c8cc76)cccc5c4)n3)c2)cc1. The second-order valence-corrected chi connectivity index (χ2v) is 15.3. The van der Waals surface area contributed by atoms with Crippen molar-refractivity contribution < 1.29 is 0 Å². The number of nitrogens with zero attached hydrogens (tertiary/aromatic N) is 5. The minimum atomic E-state index is 0.629. The van der Waals surface area contributed by atoms with E-state index < -0.39 is 0 Å². The zero-order valence-electron chi connectivity index (χ0n) is 32.4. The van der Waals surface area contributed by atoms with Crippen molar-refractivity contribution in [3.63, 3.8) is 0 Å². The summed E-state index contributed by atoms with van der Waals surface area (Å²) >= 11 is 0. The lowest BCUT2D eigenvalue weighted by Gasteiger charge is -2.14. The Morgan fingerprint density at radius 2 is 0.783 bits per heavy atom. The van der Waals surface area contributed by atoms with E-state index in [4.69, 9.17) is 15.0 Å². The van der Waals surface area contributed by atoms with Gasteiger partial charge in [-0.15, -0.1) is 0 Å². The summed E-state index contributed by atoms with van der Waals surface area (Å²) in [6, 6.07) is 75.1. The molecule has 0 aliphatic heterocycles. The van der Waals surface area contributed by atoms with Gasteiger partial charge in [-0.3, -0.25) is 0 Å². The van der Waals surface area contributed by atoms with Gasteiger partial charge in [0, 0.05) is 49.3 Å². The number of hydrogen-bond acceptors (Lipinski definition) is 3. The van der Waals surface area contributed by atoms with Crippen LogP contribution < -0.4 is 0 Å². The van der Waals surface area contributed by atoms with Gasteiger partial charge in [0.15, 0.2) is 17.5 Å². The number of aromatic nitrogens is 5. The van der Waals surface area contributed by atoms with Gasteiger partial charge in [-0.05, 0) is 71.1 Å². The minimum absolute atomic E-state index is 0.629. The van der Waals surface area contributed by atoms with Crippen LogP contribution in [0.5, 0.6) is 0 Å². The predicted molar refractivity (Wildman–Crippen MR) is 248 cm³/mol. The van der Waals surface area contributed by atoms with Crippen molar-refractivity contribution in [1.82, 2.24) is 24.1 Å². The lowest BCUT2D eigenvalue weighted by molar-refractivity contribution is 1.07.